The van der Waals surface area contributed by atoms with Crippen LogP contribution in [0.25, 0.3) is 0 Å². The first kappa shape index (κ1) is 16.3. The summed E-state index contributed by atoms with van der Waals surface area (Å²) >= 11 is 3.30. The van der Waals surface area contributed by atoms with Gasteiger partial charge in [-0.3, -0.25) is 0 Å². The van der Waals surface area contributed by atoms with Crippen molar-refractivity contribution < 1.29 is 17.9 Å². The van der Waals surface area contributed by atoms with Crippen molar-refractivity contribution in [2.45, 2.75) is 39.0 Å². The van der Waals surface area contributed by atoms with E-state index in [1.807, 2.05) is 26.0 Å². The SMILES string of the molecule is CC(C)NCc1ccc(OCCC(F)(F)F)c(Br)c1. The molecule has 1 N–H and O–H groups in total. The van der Waals surface area contributed by atoms with E-state index < -0.39 is 12.6 Å². The minimum absolute atomic E-state index is 0.369. The summed E-state index contributed by atoms with van der Waals surface area (Å²) in [6, 6.07) is 5.74. The Hall–Kier alpha value is -0.750. The van der Waals surface area contributed by atoms with E-state index in [1.165, 1.54) is 0 Å². The van der Waals surface area contributed by atoms with E-state index in [0.717, 1.165) is 5.56 Å². The van der Waals surface area contributed by atoms with Crippen molar-refractivity contribution in [1.29, 1.82) is 0 Å². The molecule has 1 aromatic rings. The molecule has 19 heavy (non-hydrogen) atoms. The van der Waals surface area contributed by atoms with Gasteiger partial charge in [0.1, 0.15) is 5.75 Å². The second-order valence-corrected chi connectivity index (χ2v) is 5.37. The highest BCUT2D eigenvalue weighted by atomic mass is 79.9. The Balaban J connectivity index is 2.52. The first-order chi connectivity index (χ1) is 8.78. The van der Waals surface area contributed by atoms with Gasteiger partial charge in [-0.05, 0) is 33.6 Å². The van der Waals surface area contributed by atoms with Crippen LogP contribution in [0, 0.1) is 0 Å². The second-order valence-electron chi connectivity index (χ2n) is 4.51. The largest absolute Gasteiger partial charge is 0.492 e. The Morgan fingerprint density at radius 1 is 1.32 bits per heavy atom. The normalized spacial score (nSPS) is 11.9. The van der Waals surface area contributed by atoms with Crippen LogP contribution in [0.15, 0.2) is 22.7 Å². The van der Waals surface area contributed by atoms with E-state index in [1.54, 1.807) is 6.07 Å². The van der Waals surface area contributed by atoms with Crippen LogP contribution in [0.2, 0.25) is 0 Å². The Morgan fingerprint density at radius 2 is 2.00 bits per heavy atom. The summed E-state index contributed by atoms with van der Waals surface area (Å²) in [7, 11) is 0. The summed E-state index contributed by atoms with van der Waals surface area (Å²) in [6.07, 6.45) is -5.14. The fraction of sp³-hybridized carbons (Fsp3) is 0.538. The third kappa shape index (κ3) is 6.82. The van der Waals surface area contributed by atoms with Gasteiger partial charge in [-0.15, -0.1) is 0 Å². The van der Waals surface area contributed by atoms with E-state index in [-0.39, 0.29) is 6.61 Å². The molecule has 0 aliphatic heterocycles. The molecule has 0 aromatic heterocycles. The first-order valence-electron chi connectivity index (χ1n) is 5.99. The lowest BCUT2D eigenvalue weighted by molar-refractivity contribution is -0.139. The Bertz CT molecular complexity index is 407. The van der Waals surface area contributed by atoms with Crippen molar-refractivity contribution in [1.82, 2.24) is 5.32 Å². The van der Waals surface area contributed by atoms with Crippen molar-refractivity contribution >= 4 is 15.9 Å². The van der Waals surface area contributed by atoms with Crippen molar-refractivity contribution in [3.8, 4) is 5.75 Å². The topological polar surface area (TPSA) is 21.3 Å². The number of ether oxygens (including phenoxy) is 1. The van der Waals surface area contributed by atoms with Gasteiger partial charge in [0.2, 0.25) is 0 Å². The van der Waals surface area contributed by atoms with Crippen LogP contribution in [0.3, 0.4) is 0 Å². The smallest absolute Gasteiger partial charge is 0.392 e. The molecule has 1 aromatic carbocycles. The van der Waals surface area contributed by atoms with E-state index in [9.17, 15) is 13.2 Å². The van der Waals surface area contributed by atoms with Gasteiger partial charge < -0.3 is 10.1 Å². The highest BCUT2D eigenvalue weighted by molar-refractivity contribution is 9.10. The fourth-order valence-corrected chi connectivity index (χ4v) is 1.91. The van der Waals surface area contributed by atoms with Crippen molar-refractivity contribution in [2.75, 3.05) is 6.61 Å². The van der Waals surface area contributed by atoms with Crippen LogP contribution in [-0.2, 0) is 6.54 Å². The highest BCUT2D eigenvalue weighted by Gasteiger charge is 2.26. The summed E-state index contributed by atoms with van der Waals surface area (Å²) in [6.45, 7) is 4.43. The molecular formula is C13H17BrF3NO. The maximum atomic E-state index is 12.0. The van der Waals surface area contributed by atoms with Gasteiger partial charge in [0, 0.05) is 12.6 Å². The molecule has 0 amide bonds. The van der Waals surface area contributed by atoms with Gasteiger partial charge in [0.25, 0.3) is 0 Å². The van der Waals surface area contributed by atoms with Crippen LogP contribution < -0.4 is 10.1 Å². The van der Waals surface area contributed by atoms with Crippen molar-refractivity contribution in [3.63, 3.8) is 0 Å². The molecule has 2 nitrogen and oxygen atoms in total. The lowest BCUT2D eigenvalue weighted by Crippen LogP contribution is -2.21. The van der Waals surface area contributed by atoms with Gasteiger partial charge in [-0.1, -0.05) is 19.9 Å². The molecule has 0 heterocycles. The molecule has 0 bridgehead atoms. The lowest BCUT2D eigenvalue weighted by Gasteiger charge is -2.12. The van der Waals surface area contributed by atoms with Gasteiger partial charge in [-0.25, -0.2) is 0 Å². The van der Waals surface area contributed by atoms with E-state index in [2.05, 4.69) is 21.2 Å². The maximum absolute atomic E-state index is 12.0. The Kier molecular flexibility index (Phi) is 6.13. The molecule has 1 rings (SSSR count). The van der Waals surface area contributed by atoms with E-state index in [0.29, 0.717) is 22.8 Å². The second kappa shape index (κ2) is 7.14. The number of benzene rings is 1. The molecule has 108 valence electrons. The number of hydrogen-bond donors (Lipinski definition) is 1. The molecule has 6 heteroatoms. The zero-order valence-electron chi connectivity index (χ0n) is 10.9. The van der Waals surface area contributed by atoms with Crippen LogP contribution >= 0.6 is 15.9 Å². The van der Waals surface area contributed by atoms with Gasteiger partial charge >= 0.3 is 6.18 Å². The monoisotopic (exact) mass is 339 g/mol. The third-order valence-corrected chi connectivity index (χ3v) is 2.97. The summed E-state index contributed by atoms with van der Waals surface area (Å²) in [5.41, 5.74) is 1.05. The summed E-state index contributed by atoms with van der Waals surface area (Å²) < 4.78 is 41.8. The molecule has 0 atom stereocenters. The average Bonchev–Trinajstić information content (AvgIpc) is 2.27. The van der Waals surface area contributed by atoms with E-state index in [4.69, 9.17) is 4.74 Å². The molecule has 0 aliphatic rings. The molecular weight excluding hydrogens is 323 g/mol. The van der Waals surface area contributed by atoms with Gasteiger partial charge in [0.05, 0.1) is 17.5 Å². The molecule has 0 aliphatic carbocycles. The van der Waals surface area contributed by atoms with Crippen LogP contribution in [0.1, 0.15) is 25.8 Å². The molecule has 0 radical (unpaired) electrons. The maximum Gasteiger partial charge on any atom is 0.392 e. The Morgan fingerprint density at radius 3 is 2.53 bits per heavy atom. The standard InChI is InChI=1S/C13H17BrF3NO/c1-9(2)18-8-10-3-4-12(11(14)7-10)19-6-5-13(15,16)17/h3-4,7,9,18H,5-6,8H2,1-2H3. The molecule has 0 saturated carbocycles. The lowest BCUT2D eigenvalue weighted by atomic mass is 10.2. The Labute approximate surface area is 119 Å². The van der Waals surface area contributed by atoms with Crippen LogP contribution in [-0.4, -0.2) is 18.8 Å². The average molecular weight is 340 g/mol. The van der Waals surface area contributed by atoms with Gasteiger partial charge in [-0.2, -0.15) is 13.2 Å². The predicted octanol–water partition coefficient (Wildman–Crippen LogP) is 4.28. The van der Waals surface area contributed by atoms with Crippen molar-refractivity contribution in [2.24, 2.45) is 0 Å². The number of alkyl halides is 3. The number of nitrogens with one attached hydrogen (secondary N) is 1. The zero-order chi connectivity index (χ0) is 14.5. The quantitative estimate of drug-likeness (QED) is 0.835. The third-order valence-electron chi connectivity index (χ3n) is 2.35. The van der Waals surface area contributed by atoms with Gasteiger partial charge in [0.15, 0.2) is 0 Å². The minimum atomic E-state index is -4.19. The van der Waals surface area contributed by atoms with Crippen LogP contribution in [0.4, 0.5) is 13.2 Å². The van der Waals surface area contributed by atoms with E-state index >= 15 is 0 Å². The fourth-order valence-electron chi connectivity index (χ4n) is 1.37. The highest BCUT2D eigenvalue weighted by Crippen LogP contribution is 2.27. The molecule has 0 unspecified atom stereocenters. The van der Waals surface area contributed by atoms with Crippen molar-refractivity contribution in [3.05, 3.63) is 28.2 Å². The number of hydrogen-bond acceptors (Lipinski definition) is 2. The summed E-state index contributed by atoms with van der Waals surface area (Å²) in [5.74, 6) is 0.428. The zero-order valence-corrected chi connectivity index (χ0v) is 12.4. The number of halogens is 4. The summed E-state index contributed by atoms with van der Waals surface area (Å²) in [5, 5.41) is 3.26. The molecule has 0 saturated heterocycles. The van der Waals surface area contributed by atoms with Crippen LogP contribution in [0.5, 0.6) is 5.75 Å². The first-order valence-corrected chi connectivity index (χ1v) is 6.78. The summed E-state index contributed by atoms with van der Waals surface area (Å²) in [4.78, 5) is 0. The predicted molar refractivity (Wildman–Crippen MR) is 72.3 cm³/mol. The number of rotatable bonds is 6. The minimum Gasteiger partial charge on any atom is -0.492 e. The molecule has 0 fully saturated rings. The molecule has 0 spiro atoms.